The van der Waals surface area contributed by atoms with Crippen molar-refractivity contribution >= 4 is 27.4 Å². The molecule has 0 saturated carbocycles. The van der Waals surface area contributed by atoms with E-state index in [9.17, 15) is 19.6 Å². The van der Waals surface area contributed by atoms with Crippen LogP contribution in [-0.4, -0.2) is 18.0 Å². The second-order valence-corrected chi connectivity index (χ2v) is 8.26. The number of carbonyl (C=O) groups excluding carboxylic acids is 1. The lowest BCUT2D eigenvalue weighted by Crippen LogP contribution is -2.39. The van der Waals surface area contributed by atoms with Crippen LogP contribution in [0.1, 0.15) is 30.7 Å². The van der Waals surface area contributed by atoms with Gasteiger partial charge < -0.3 is 15.6 Å². The van der Waals surface area contributed by atoms with Crippen molar-refractivity contribution in [1.82, 2.24) is 0 Å². The fourth-order valence-electron chi connectivity index (χ4n) is 4.23. The number of Topliss-reactive ketones (excluding diaryl/α,β-unsaturated/α-hetero) is 1. The van der Waals surface area contributed by atoms with Gasteiger partial charge in [-0.25, -0.2) is 4.39 Å². The van der Waals surface area contributed by atoms with Gasteiger partial charge in [0.15, 0.2) is 17.3 Å². The third-order valence-electron chi connectivity index (χ3n) is 5.60. The predicted molar refractivity (Wildman–Crippen MR) is 117 cm³/mol. The first kappa shape index (κ1) is 20.9. The SMILES string of the molecule is COc1cc([C@@H]2C(C#N)=C(N)N(c3ccc(Br)cc3F)C3=C2C(=O)CCC3)ccc1O. The summed E-state index contributed by atoms with van der Waals surface area (Å²) in [5.74, 6) is -1.11. The molecule has 0 amide bonds. The van der Waals surface area contributed by atoms with Gasteiger partial charge in [0.05, 0.1) is 30.4 Å². The fourth-order valence-corrected chi connectivity index (χ4v) is 4.56. The molecule has 0 bridgehead atoms. The molecule has 2 aromatic rings. The van der Waals surface area contributed by atoms with Gasteiger partial charge in [-0.15, -0.1) is 0 Å². The van der Waals surface area contributed by atoms with Crippen LogP contribution in [0.15, 0.2) is 63.5 Å². The molecule has 0 radical (unpaired) electrons. The Balaban J connectivity index is 1.98. The molecule has 2 aromatic carbocycles. The number of hydrogen-bond acceptors (Lipinski definition) is 6. The van der Waals surface area contributed by atoms with Gasteiger partial charge in [0.25, 0.3) is 0 Å². The van der Waals surface area contributed by atoms with E-state index >= 15 is 0 Å². The maximum Gasteiger partial charge on any atom is 0.161 e. The van der Waals surface area contributed by atoms with Gasteiger partial charge in [0.2, 0.25) is 0 Å². The van der Waals surface area contributed by atoms with Crippen molar-refractivity contribution in [3.63, 3.8) is 0 Å². The lowest BCUT2D eigenvalue weighted by molar-refractivity contribution is -0.116. The number of ether oxygens (including phenoxy) is 1. The number of allylic oxidation sites excluding steroid dienone is 3. The molecule has 0 aromatic heterocycles. The largest absolute Gasteiger partial charge is 0.504 e. The van der Waals surface area contributed by atoms with Crippen LogP contribution < -0.4 is 15.4 Å². The monoisotopic (exact) mass is 483 g/mol. The summed E-state index contributed by atoms with van der Waals surface area (Å²) in [5, 5.41) is 20.0. The van der Waals surface area contributed by atoms with Crippen LogP contribution in [0.5, 0.6) is 11.5 Å². The van der Waals surface area contributed by atoms with E-state index in [0.29, 0.717) is 40.6 Å². The highest BCUT2D eigenvalue weighted by atomic mass is 79.9. The minimum Gasteiger partial charge on any atom is -0.504 e. The summed E-state index contributed by atoms with van der Waals surface area (Å²) in [6, 6.07) is 11.4. The van der Waals surface area contributed by atoms with Crippen molar-refractivity contribution in [3.05, 3.63) is 74.9 Å². The number of benzene rings is 2. The summed E-state index contributed by atoms with van der Waals surface area (Å²) < 4.78 is 20.6. The number of nitriles is 1. The van der Waals surface area contributed by atoms with Crippen LogP contribution in [0.25, 0.3) is 0 Å². The lowest BCUT2D eigenvalue weighted by Gasteiger charge is -2.39. The van der Waals surface area contributed by atoms with E-state index in [1.165, 1.54) is 24.1 Å². The highest BCUT2D eigenvalue weighted by Gasteiger charge is 2.41. The number of halogens is 2. The molecule has 0 unspecified atom stereocenters. The molecule has 158 valence electrons. The molecule has 1 aliphatic heterocycles. The average Bonchev–Trinajstić information content (AvgIpc) is 2.74. The third-order valence-corrected chi connectivity index (χ3v) is 6.09. The quantitative estimate of drug-likeness (QED) is 0.661. The molecule has 1 atom stereocenters. The van der Waals surface area contributed by atoms with Crippen LogP contribution in [-0.2, 0) is 4.79 Å². The molecule has 31 heavy (non-hydrogen) atoms. The number of carbonyl (C=O) groups is 1. The molecule has 3 N–H and O–H groups in total. The molecule has 1 heterocycles. The lowest BCUT2D eigenvalue weighted by atomic mass is 9.75. The van der Waals surface area contributed by atoms with E-state index in [4.69, 9.17) is 10.5 Å². The fraction of sp³-hybridized carbons (Fsp3) is 0.217. The normalized spacial score (nSPS) is 18.7. The summed E-state index contributed by atoms with van der Waals surface area (Å²) in [4.78, 5) is 14.6. The van der Waals surface area contributed by atoms with Crippen LogP contribution in [0.3, 0.4) is 0 Å². The van der Waals surface area contributed by atoms with E-state index in [1.807, 2.05) is 0 Å². The number of ketones is 1. The molecule has 0 fully saturated rings. The predicted octanol–water partition coefficient (Wildman–Crippen LogP) is 4.61. The van der Waals surface area contributed by atoms with Crippen LogP contribution in [0.2, 0.25) is 0 Å². The van der Waals surface area contributed by atoms with Crippen molar-refractivity contribution in [1.29, 1.82) is 5.26 Å². The molecular weight excluding hydrogens is 465 g/mol. The number of nitrogens with two attached hydrogens (primary N) is 1. The zero-order chi connectivity index (χ0) is 22.3. The topological polar surface area (TPSA) is 99.6 Å². The Hall–Kier alpha value is -3.31. The highest BCUT2D eigenvalue weighted by molar-refractivity contribution is 9.10. The molecule has 8 heteroatoms. The second kappa shape index (κ2) is 8.08. The number of phenolic OH excluding ortho intramolecular Hbond substituents is 1. The van der Waals surface area contributed by atoms with E-state index < -0.39 is 11.7 Å². The number of phenols is 1. The molecule has 2 aliphatic rings. The van der Waals surface area contributed by atoms with Crippen LogP contribution >= 0.6 is 15.9 Å². The number of methoxy groups -OCH3 is 1. The van der Waals surface area contributed by atoms with Crippen LogP contribution in [0.4, 0.5) is 10.1 Å². The minimum atomic E-state index is -0.725. The van der Waals surface area contributed by atoms with Gasteiger partial charge in [-0.3, -0.25) is 9.69 Å². The molecule has 0 saturated heterocycles. The first-order chi connectivity index (χ1) is 14.9. The molecule has 6 nitrogen and oxygen atoms in total. The van der Waals surface area contributed by atoms with E-state index in [-0.39, 0.29) is 34.4 Å². The zero-order valence-electron chi connectivity index (χ0n) is 16.7. The highest BCUT2D eigenvalue weighted by Crippen LogP contribution is 2.47. The van der Waals surface area contributed by atoms with Gasteiger partial charge in [0.1, 0.15) is 11.6 Å². The number of anilines is 1. The van der Waals surface area contributed by atoms with E-state index in [2.05, 4.69) is 22.0 Å². The Morgan fingerprint density at radius 1 is 1.29 bits per heavy atom. The number of hydrogen-bond donors (Lipinski definition) is 2. The van der Waals surface area contributed by atoms with E-state index in [1.54, 1.807) is 24.3 Å². The average molecular weight is 484 g/mol. The first-order valence-corrected chi connectivity index (χ1v) is 10.4. The summed E-state index contributed by atoms with van der Waals surface area (Å²) in [7, 11) is 1.42. The minimum absolute atomic E-state index is 0.0553. The number of aromatic hydroxyl groups is 1. The summed E-state index contributed by atoms with van der Waals surface area (Å²) in [6.07, 6.45) is 1.45. The Morgan fingerprint density at radius 3 is 2.74 bits per heavy atom. The summed E-state index contributed by atoms with van der Waals surface area (Å²) in [6.45, 7) is 0. The molecule has 1 aliphatic carbocycles. The standard InChI is InChI=1S/C23H19BrFN3O3/c1-31-20-9-12(5-8-18(20)29)21-14(11-26)23(27)28(16-7-6-13(24)10-15(16)25)17-3-2-4-19(30)22(17)21/h5-10,21,29H,2-4,27H2,1H3/t21-/m1/s1. The van der Waals surface area contributed by atoms with Crippen molar-refractivity contribution in [2.24, 2.45) is 5.73 Å². The van der Waals surface area contributed by atoms with Crippen molar-refractivity contribution in [2.75, 3.05) is 12.0 Å². The summed E-state index contributed by atoms with van der Waals surface area (Å²) >= 11 is 3.25. The Labute approximate surface area is 187 Å². The van der Waals surface area contributed by atoms with Gasteiger partial charge in [-0.05, 0) is 48.7 Å². The molecule has 4 rings (SSSR count). The van der Waals surface area contributed by atoms with E-state index in [0.717, 1.165) is 0 Å². The van der Waals surface area contributed by atoms with Gasteiger partial charge in [-0.1, -0.05) is 22.0 Å². The van der Waals surface area contributed by atoms with Crippen molar-refractivity contribution in [3.8, 4) is 17.6 Å². The van der Waals surface area contributed by atoms with Gasteiger partial charge >= 0.3 is 0 Å². The van der Waals surface area contributed by atoms with Gasteiger partial charge in [0, 0.05) is 22.2 Å². The van der Waals surface area contributed by atoms with Crippen LogP contribution in [0, 0.1) is 17.1 Å². The smallest absolute Gasteiger partial charge is 0.161 e. The number of nitrogens with zero attached hydrogens (tertiary/aromatic N) is 2. The maximum absolute atomic E-state index is 14.9. The van der Waals surface area contributed by atoms with Crippen molar-refractivity contribution < 1.29 is 19.0 Å². The molecule has 0 spiro atoms. The van der Waals surface area contributed by atoms with Crippen molar-refractivity contribution in [2.45, 2.75) is 25.2 Å². The second-order valence-electron chi connectivity index (χ2n) is 7.34. The first-order valence-electron chi connectivity index (χ1n) is 9.65. The molecular formula is C23H19BrFN3O3. The Kier molecular flexibility index (Phi) is 5.46. The Bertz CT molecular complexity index is 1200. The maximum atomic E-state index is 14.9. The Morgan fingerprint density at radius 2 is 2.06 bits per heavy atom. The zero-order valence-corrected chi connectivity index (χ0v) is 18.2. The summed E-state index contributed by atoms with van der Waals surface area (Å²) in [5.41, 5.74) is 8.36. The third kappa shape index (κ3) is 3.45. The van der Waals surface area contributed by atoms with Gasteiger partial charge in [-0.2, -0.15) is 5.26 Å². The number of rotatable bonds is 3.